The second kappa shape index (κ2) is 7.42. The van der Waals surface area contributed by atoms with Crippen LogP contribution in [-0.4, -0.2) is 41.2 Å². The first kappa shape index (κ1) is 17.7. The fourth-order valence-corrected chi connectivity index (χ4v) is 3.68. The Kier molecular flexibility index (Phi) is 5.26. The first-order chi connectivity index (χ1) is 12.0. The Hall–Kier alpha value is -2.10. The lowest BCUT2D eigenvalue weighted by Crippen LogP contribution is -2.35. The lowest BCUT2D eigenvalue weighted by Gasteiger charge is -2.20. The van der Waals surface area contributed by atoms with Crippen molar-refractivity contribution in [2.45, 2.75) is 52.9 Å². The van der Waals surface area contributed by atoms with Crippen LogP contribution in [0.1, 0.15) is 55.7 Å². The molecule has 134 valence electrons. The molecule has 25 heavy (non-hydrogen) atoms. The number of hydrogen-bond donors (Lipinski definition) is 0. The molecule has 2 aliphatic heterocycles. The van der Waals surface area contributed by atoms with E-state index in [1.807, 2.05) is 18.2 Å². The third kappa shape index (κ3) is 3.35. The van der Waals surface area contributed by atoms with Crippen molar-refractivity contribution < 1.29 is 9.59 Å². The van der Waals surface area contributed by atoms with E-state index < -0.39 is 0 Å². The van der Waals surface area contributed by atoms with E-state index in [2.05, 4.69) is 25.7 Å². The van der Waals surface area contributed by atoms with Crippen LogP contribution < -0.4 is 0 Å². The van der Waals surface area contributed by atoms with Crippen molar-refractivity contribution in [2.24, 2.45) is 0 Å². The average Bonchev–Trinajstić information content (AvgIpc) is 3.19. The predicted molar refractivity (Wildman–Crippen MR) is 99.9 cm³/mol. The molecule has 0 atom stereocenters. The largest absolute Gasteiger partial charge is 0.366 e. The van der Waals surface area contributed by atoms with Crippen molar-refractivity contribution in [1.29, 1.82) is 0 Å². The van der Waals surface area contributed by atoms with Gasteiger partial charge >= 0.3 is 0 Å². The van der Waals surface area contributed by atoms with Crippen LogP contribution in [0.2, 0.25) is 0 Å². The van der Waals surface area contributed by atoms with Crippen molar-refractivity contribution in [3.8, 4) is 0 Å². The van der Waals surface area contributed by atoms with Crippen molar-refractivity contribution in [1.82, 2.24) is 9.80 Å². The van der Waals surface area contributed by atoms with Crippen LogP contribution in [0.3, 0.4) is 0 Å². The van der Waals surface area contributed by atoms with Gasteiger partial charge in [0.05, 0.1) is 5.57 Å². The summed E-state index contributed by atoms with van der Waals surface area (Å²) < 4.78 is 0. The molecule has 2 amide bonds. The van der Waals surface area contributed by atoms with Gasteiger partial charge in [-0.2, -0.15) is 0 Å². The Morgan fingerprint density at radius 2 is 1.68 bits per heavy atom. The predicted octanol–water partition coefficient (Wildman–Crippen LogP) is 3.67. The fraction of sp³-hybridized carbons (Fsp3) is 0.524. The molecule has 0 aliphatic carbocycles. The van der Waals surface area contributed by atoms with Gasteiger partial charge in [-0.3, -0.25) is 14.5 Å². The van der Waals surface area contributed by atoms with E-state index in [0.29, 0.717) is 17.8 Å². The van der Waals surface area contributed by atoms with Crippen LogP contribution in [0.4, 0.5) is 0 Å². The smallest absolute Gasteiger partial charge is 0.277 e. The van der Waals surface area contributed by atoms with Crippen LogP contribution in [-0.2, 0) is 9.59 Å². The molecule has 0 spiro atoms. The number of hydrogen-bond acceptors (Lipinski definition) is 3. The topological polar surface area (TPSA) is 40.6 Å². The summed E-state index contributed by atoms with van der Waals surface area (Å²) in [4.78, 5) is 29.7. The molecule has 0 N–H and O–H groups in total. The number of rotatable bonds is 6. The Morgan fingerprint density at radius 3 is 2.32 bits per heavy atom. The van der Waals surface area contributed by atoms with Crippen LogP contribution in [0, 0.1) is 13.8 Å². The molecule has 0 unspecified atom stereocenters. The van der Waals surface area contributed by atoms with Gasteiger partial charge in [0.1, 0.15) is 5.70 Å². The maximum absolute atomic E-state index is 13.1. The quantitative estimate of drug-likeness (QED) is 0.586. The molecule has 1 aromatic carbocycles. The zero-order valence-electron chi connectivity index (χ0n) is 15.6. The number of likely N-dealkylation sites (tertiary alicyclic amines) is 1. The van der Waals surface area contributed by atoms with Crippen molar-refractivity contribution in [3.05, 3.63) is 40.6 Å². The lowest BCUT2D eigenvalue weighted by molar-refractivity contribution is -0.137. The van der Waals surface area contributed by atoms with E-state index in [0.717, 1.165) is 56.3 Å². The van der Waals surface area contributed by atoms with Crippen LogP contribution in [0.5, 0.6) is 0 Å². The van der Waals surface area contributed by atoms with Crippen molar-refractivity contribution >= 4 is 17.4 Å². The molecule has 0 radical (unpaired) electrons. The Morgan fingerprint density at radius 1 is 0.960 bits per heavy atom. The number of nitrogens with zero attached hydrogens (tertiary/aromatic N) is 2. The highest BCUT2D eigenvalue weighted by atomic mass is 16.2. The highest BCUT2D eigenvalue weighted by Crippen LogP contribution is 2.34. The van der Waals surface area contributed by atoms with Crippen molar-refractivity contribution in [2.75, 3.05) is 19.6 Å². The van der Waals surface area contributed by atoms with E-state index in [9.17, 15) is 9.59 Å². The number of unbranched alkanes of at least 4 members (excludes halogenated alkanes) is 2. The van der Waals surface area contributed by atoms with E-state index in [1.54, 1.807) is 0 Å². The third-order valence-electron chi connectivity index (χ3n) is 5.35. The summed E-state index contributed by atoms with van der Waals surface area (Å²) in [5, 5.41) is 0. The highest BCUT2D eigenvalue weighted by Gasteiger charge is 2.41. The number of benzene rings is 1. The molecule has 0 aromatic heterocycles. The van der Waals surface area contributed by atoms with Gasteiger partial charge in [0.15, 0.2) is 0 Å². The minimum atomic E-state index is -0.119. The number of aryl methyl sites for hydroxylation is 2. The molecule has 2 aliphatic rings. The van der Waals surface area contributed by atoms with Gasteiger partial charge in [-0.05, 0) is 49.8 Å². The summed E-state index contributed by atoms with van der Waals surface area (Å²) in [5.41, 5.74) is 4.45. The van der Waals surface area contributed by atoms with Gasteiger partial charge in [0.2, 0.25) is 0 Å². The third-order valence-corrected chi connectivity index (χ3v) is 5.35. The molecule has 2 heterocycles. The molecule has 4 nitrogen and oxygen atoms in total. The van der Waals surface area contributed by atoms with Crippen molar-refractivity contribution in [3.63, 3.8) is 0 Å². The summed E-state index contributed by atoms with van der Waals surface area (Å²) in [6, 6.07) is 6.06. The molecule has 1 saturated heterocycles. The highest BCUT2D eigenvalue weighted by molar-refractivity contribution is 6.35. The van der Waals surface area contributed by atoms with E-state index in [-0.39, 0.29) is 11.8 Å². The molecule has 3 rings (SSSR count). The fourth-order valence-electron chi connectivity index (χ4n) is 3.68. The standard InChI is InChI=1S/C21H28N2O2/c1-4-5-6-13-23-20(24)18(17-10-9-15(2)16(3)14-17)19(21(23)25)22-11-7-8-12-22/h9-10,14H,4-8,11-13H2,1-3H3. The summed E-state index contributed by atoms with van der Waals surface area (Å²) in [6.07, 6.45) is 5.16. The summed E-state index contributed by atoms with van der Waals surface area (Å²) in [5.74, 6) is -0.220. The van der Waals surface area contributed by atoms with E-state index in [4.69, 9.17) is 0 Å². The molecule has 0 saturated carbocycles. The van der Waals surface area contributed by atoms with Gasteiger partial charge in [0, 0.05) is 19.6 Å². The Bertz CT molecular complexity index is 715. The minimum Gasteiger partial charge on any atom is -0.366 e. The lowest BCUT2D eigenvalue weighted by atomic mass is 9.99. The molecule has 4 heteroatoms. The summed E-state index contributed by atoms with van der Waals surface area (Å²) >= 11 is 0. The molecule has 0 bridgehead atoms. The number of amides is 2. The van der Waals surface area contributed by atoms with E-state index >= 15 is 0 Å². The number of carbonyl (C=O) groups is 2. The zero-order valence-corrected chi connectivity index (χ0v) is 15.6. The maximum atomic E-state index is 13.1. The van der Waals surface area contributed by atoms with Gasteiger partial charge in [-0.15, -0.1) is 0 Å². The van der Waals surface area contributed by atoms with Gasteiger partial charge in [-0.25, -0.2) is 0 Å². The molecule has 1 fully saturated rings. The monoisotopic (exact) mass is 340 g/mol. The SMILES string of the molecule is CCCCCN1C(=O)C(c2ccc(C)c(C)c2)=C(N2CCCC2)C1=O. The number of carbonyl (C=O) groups excluding carboxylic acids is 2. The van der Waals surface area contributed by atoms with Crippen LogP contribution in [0.25, 0.3) is 5.57 Å². The normalized spacial score (nSPS) is 18.0. The molecular weight excluding hydrogens is 312 g/mol. The minimum absolute atomic E-state index is 0.101. The van der Waals surface area contributed by atoms with Gasteiger partial charge in [0.25, 0.3) is 11.8 Å². The average molecular weight is 340 g/mol. The number of imide groups is 1. The first-order valence-electron chi connectivity index (χ1n) is 9.47. The Balaban J connectivity index is 2.00. The second-order valence-corrected chi connectivity index (χ2v) is 7.19. The Labute approximate surface area is 150 Å². The zero-order chi connectivity index (χ0) is 18.0. The molecule has 1 aromatic rings. The van der Waals surface area contributed by atoms with Gasteiger partial charge < -0.3 is 4.90 Å². The second-order valence-electron chi connectivity index (χ2n) is 7.19. The van der Waals surface area contributed by atoms with Gasteiger partial charge in [-0.1, -0.05) is 38.0 Å². The van der Waals surface area contributed by atoms with E-state index in [1.165, 1.54) is 10.5 Å². The summed E-state index contributed by atoms with van der Waals surface area (Å²) in [6.45, 7) is 8.50. The summed E-state index contributed by atoms with van der Waals surface area (Å²) in [7, 11) is 0. The maximum Gasteiger partial charge on any atom is 0.277 e. The molecular formula is C21H28N2O2. The van der Waals surface area contributed by atoms with Crippen LogP contribution in [0.15, 0.2) is 23.9 Å². The first-order valence-corrected chi connectivity index (χ1v) is 9.47. The van der Waals surface area contributed by atoms with Crippen LogP contribution >= 0.6 is 0 Å².